The van der Waals surface area contributed by atoms with Gasteiger partial charge in [-0.1, -0.05) is 0 Å². The maximum absolute atomic E-state index is 11.0. The molecule has 15 heavy (non-hydrogen) atoms. The van der Waals surface area contributed by atoms with Crippen LogP contribution in [0, 0.1) is 0 Å². The van der Waals surface area contributed by atoms with Gasteiger partial charge in [0.25, 0.3) is 0 Å². The molecule has 2 aromatic rings. The van der Waals surface area contributed by atoms with Crippen molar-refractivity contribution >= 4 is 33.2 Å². The van der Waals surface area contributed by atoms with E-state index >= 15 is 0 Å². The van der Waals surface area contributed by atoms with Crippen LogP contribution in [0.3, 0.4) is 0 Å². The van der Waals surface area contributed by atoms with Crippen LogP contribution in [0.4, 0.5) is 0 Å². The number of rotatable bonds is 2. The van der Waals surface area contributed by atoms with Gasteiger partial charge in [0, 0.05) is 22.8 Å². The third kappa shape index (κ3) is 2.08. The number of aromatic nitrogens is 1. The van der Waals surface area contributed by atoms with E-state index in [-0.39, 0.29) is 5.56 Å². The van der Waals surface area contributed by atoms with Crippen LogP contribution < -0.4 is 0 Å². The highest BCUT2D eigenvalue weighted by Crippen LogP contribution is 2.32. The predicted molar refractivity (Wildman–Crippen MR) is 62.2 cm³/mol. The van der Waals surface area contributed by atoms with Gasteiger partial charge in [-0.05, 0) is 34.1 Å². The molecule has 0 unspecified atom stereocenters. The third-order valence-electron chi connectivity index (χ3n) is 1.89. The Bertz CT molecular complexity index is 510. The lowest BCUT2D eigenvalue weighted by atomic mass is 10.1. The van der Waals surface area contributed by atoms with Gasteiger partial charge < -0.3 is 5.11 Å². The molecule has 0 fully saturated rings. The average molecular weight is 284 g/mol. The van der Waals surface area contributed by atoms with Gasteiger partial charge in [0.2, 0.25) is 0 Å². The molecule has 2 aromatic heterocycles. The Labute approximate surface area is 98.5 Å². The first-order valence-electron chi connectivity index (χ1n) is 4.11. The Hall–Kier alpha value is -1.20. The minimum absolute atomic E-state index is 0.229. The SMILES string of the molecule is O=C(O)c1cnccc1-c1ccc(Br)s1. The Morgan fingerprint density at radius 2 is 2.20 bits per heavy atom. The summed E-state index contributed by atoms with van der Waals surface area (Å²) < 4.78 is 0.977. The van der Waals surface area contributed by atoms with Crippen LogP contribution in [0.15, 0.2) is 34.4 Å². The zero-order valence-corrected chi connectivity index (χ0v) is 9.88. The van der Waals surface area contributed by atoms with Crippen LogP contribution in [-0.4, -0.2) is 16.1 Å². The molecule has 2 rings (SSSR count). The zero-order valence-electron chi connectivity index (χ0n) is 7.48. The van der Waals surface area contributed by atoms with Crippen LogP contribution in [0.2, 0.25) is 0 Å². The smallest absolute Gasteiger partial charge is 0.337 e. The number of carboxylic acid groups (broad SMARTS) is 1. The summed E-state index contributed by atoms with van der Waals surface area (Å²) in [5.74, 6) is -0.956. The number of nitrogens with zero attached hydrogens (tertiary/aromatic N) is 1. The lowest BCUT2D eigenvalue weighted by molar-refractivity contribution is 0.0697. The minimum atomic E-state index is -0.956. The second-order valence-electron chi connectivity index (χ2n) is 2.83. The summed E-state index contributed by atoms with van der Waals surface area (Å²) in [6.45, 7) is 0. The van der Waals surface area contributed by atoms with E-state index in [4.69, 9.17) is 5.11 Å². The largest absolute Gasteiger partial charge is 0.478 e. The van der Waals surface area contributed by atoms with Crippen molar-refractivity contribution in [2.45, 2.75) is 0 Å². The molecule has 0 aliphatic carbocycles. The van der Waals surface area contributed by atoms with Gasteiger partial charge in [-0.2, -0.15) is 0 Å². The third-order valence-corrected chi connectivity index (χ3v) is 3.55. The highest BCUT2D eigenvalue weighted by Gasteiger charge is 2.12. The number of thiophene rings is 1. The first-order chi connectivity index (χ1) is 7.18. The standard InChI is InChI=1S/C10H6BrNO2S/c11-9-2-1-8(15-9)6-3-4-12-5-7(6)10(13)14/h1-5H,(H,13,14). The van der Waals surface area contributed by atoms with E-state index in [0.717, 1.165) is 8.66 Å². The molecule has 76 valence electrons. The molecule has 5 heteroatoms. The van der Waals surface area contributed by atoms with Gasteiger partial charge in [-0.25, -0.2) is 4.79 Å². The maximum atomic E-state index is 11.0. The fourth-order valence-corrected chi connectivity index (χ4v) is 2.66. The summed E-state index contributed by atoms with van der Waals surface area (Å²) in [6.07, 6.45) is 2.96. The number of hydrogen-bond donors (Lipinski definition) is 1. The lowest BCUT2D eigenvalue weighted by Crippen LogP contribution is -1.99. The molecule has 0 bridgehead atoms. The molecule has 0 amide bonds. The summed E-state index contributed by atoms with van der Waals surface area (Å²) >= 11 is 4.84. The van der Waals surface area contributed by atoms with Crippen molar-refractivity contribution in [1.29, 1.82) is 0 Å². The van der Waals surface area contributed by atoms with Crippen molar-refractivity contribution in [1.82, 2.24) is 4.98 Å². The van der Waals surface area contributed by atoms with Crippen LogP contribution >= 0.6 is 27.3 Å². The second-order valence-corrected chi connectivity index (χ2v) is 5.29. The Morgan fingerprint density at radius 1 is 1.40 bits per heavy atom. The molecule has 0 aliphatic heterocycles. The number of carboxylic acids is 1. The van der Waals surface area contributed by atoms with Crippen molar-refractivity contribution in [3.8, 4) is 10.4 Å². The summed E-state index contributed by atoms with van der Waals surface area (Å²) in [4.78, 5) is 15.7. The monoisotopic (exact) mass is 283 g/mol. The highest BCUT2D eigenvalue weighted by molar-refractivity contribution is 9.11. The number of aromatic carboxylic acids is 1. The van der Waals surface area contributed by atoms with Gasteiger partial charge in [-0.15, -0.1) is 11.3 Å². The molecule has 3 nitrogen and oxygen atoms in total. The highest BCUT2D eigenvalue weighted by atomic mass is 79.9. The molecular weight excluding hydrogens is 278 g/mol. The van der Waals surface area contributed by atoms with E-state index in [2.05, 4.69) is 20.9 Å². The van der Waals surface area contributed by atoms with Crippen LogP contribution in [-0.2, 0) is 0 Å². The molecule has 0 saturated carbocycles. The molecule has 0 spiro atoms. The van der Waals surface area contributed by atoms with Crippen molar-refractivity contribution in [2.24, 2.45) is 0 Å². The van der Waals surface area contributed by atoms with Gasteiger partial charge in [0.1, 0.15) is 0 Å². The van der Waals surface area contributed by atoms with E-state index < -0.39 is 5.97 Å². The molecule has 0 aliphatic rings. The van der Waals surface area contributed by atoms with Crippen molar-refractivity contribution < 1.29 is 9.90 Å². The number of halogens is 1. The molecule has 1 N–H and O–H groups in total. The lowest BCUT2D eigenvalue weighted by Gasteiger charge is -2.01. The fourth-order valence-electron chi connectivity index (χ4n) is 1.24. The Balaban J connectivity index is 2.57. The molecule has 0 radical (unpaired) electrons. The van der Waals surface area contributed by atoms with E-state index in [1.165, 1.54) is 17.5 Å². The minimum Gasteiger partial charge on any atom is -0.478 e. The first kappa shape index (κ1) is 10.3. The van der Waals surface area contributed by atoms with E-state index in [1.54, 1.807) is 12.3 Å². The summed E-state index contributed by atoms with van der Waals surface area (Å²) in [5, 5.41) is 8.99. The molecule has 0 aromatic carbocycles. The van der Waals surface area contributed by atoms with E-state index in [1.807, 2.05) is 12.1 Å². The van der Waals surface area contributed by atoms with E-state index in [9.17, 15) is 4.79 Å². The fraction of sp³-hybridized carbons (Fsp3) is 0. The maximum Gasteiger partial charge on any atom is 0.337 e. The number of hydrogen-bond acceptors (Lipinski definition) is 3. The van der Waals surface area contributed by atoms with Gasteiger partial charge >= 0.3 is 5.97 Å². The Kier molecular flexibility index (Phi) is 2.83. The molecule has 0 saturated heterocycles. The van der Waals surface area contributed by atoms with Crippen molar-refractivity contribution in [3.63, 3.8) is 0 Å². The van der Waals surface area contributed by atoms with Crippen LogP contribution in [0.1, 0.15) is 10.4 Å². The average Bonchev–Trinajstić information content (AvgIpc) is 2.65. The second kappa shape index (κ2) is 4.12. The van der Waals surface area contributed by atoms with Gasteiger partial charge in [0.15, 0.2) is 0 Å². The predicted octanol–water partition coefficient (Wildman–Crippen LogP) is 3.27. The zero-order chi connectivity index (χ0) is 10.8. The van der Waals surface area contributed by atoms with E-state index in [0.29, 0.717) is 5.56 Å². The normalized spacial score (nSPS) is 10.2. The number of pyridine rings is 1. The van der Waals surface area contributed by atoms with Crippen LogP contribution in [0.5, 0.6) is 0 Å². The van der Waals surface area contributed by atoms with Gasteiger partial charge in [0.05, 0.1) is 9.35 Å². The molecule has 2 heterocycles. The van der Waals surface area contributed by atoms with Gasteiger partial charge in [-0.3, -0.25) is 4.98 Å². The topological polar surface area (TPSA) is 50.2 Å². The molecule has 0 atom stereocenters. The van der Waals surface area contributed by atoms with Crippen LogP contribution in [0.25, 0.3) is 10.4 Å². The quantitative estimate of drug-likeness (QED) is 0.920. The number of carbonyl (C=O) groups is 1. The Morgan fingerprint density at radius 3 is 2.80 bits per heavy atom. The molecular formula is C10H6BrNO2S. The van der Waals surface area contributed by atoms with Crippen molar-refractivity contribution in [3.05, 3.63) is 39.9 Å². The summed E-state index contributed by atoms with van der Waals surface area (Å²) in [5.41, 5.74) is 0.931. The van der Waals surface area contributed by atoms with Crippen molar-refractivity contribution in [2.75, 3.05) is 0 Å². The summed E-state index contributed by atoms with van der Waals surface area (Å²) in [7, 11) is 0. The first-order valence-corrected chi connectivity index (χ1v) is 5.72. The summed E-state index contributed by atoms with van der Waals surface area (Å²) in [6, 6.07) is 5.49.